The zero-order chi connectivity index (χ0) is 17.2. The molecule has 1 rings (SSSR count). The second kappa shape index (κ2) is 9.71. The van der Waals surface area contributed by atoms with Crippen molar-refractivity contribution in [1.29, 1.82) is 0 Å². The summed E-state index contributed by atoms with van der Waals surface area (Å²) < 4.78 is 15.6. The minimum Gasteiger partial charge on any atom is -0.497 e. The predicted molar refractivity (Wildman–Crippen MR) is 86.6 cm³/mol. The Labute approximate surface area is 137 Å². The maximum absolute atomic E-state index is 12.5. The smallest absolute Gasteiger partial charge is 0.325 e. The van der Waals surface area contributed by atoms with E-state index in [1.165, 1.54) is 4.90 Å². The van der Waals surface area contributed by atoms with Gasteiger partial charge in [-0.15, -0.1) is 0 Å². The highest BCUT2D eigenvalue weighted by molar-refractivity contribution is 5.85. The van der Waals surface area contributed by atoms with Gasteiger partial charge in [-0.1, -0.05) is 6.92 Å². The van der Waals surface area contributed by atoms with E-state index in [4.69, 9.17) is 14.2 Å². The molecule has 0 aliphatic carbocycles. The molecule has 0 heterocycles. The third-order valence-electron chi connectivity index (χ3n) is 3.15. The van der Waals surface area contributed by atoms with Crippen molar-refractivity contribution >= 4 is 11.9 Å². The Bertz CT molecular complexity index is 500. The first-order chi connectivity index (χ1) is 11.0. The number of carbonyl (C=O) groups is 2. The van der Waals surface area contributed by atoms with E-state index in [0.717, 1.165) is 6.42 Å². The molecule has 0 saturated carbocycles. The zero-order valence-electron chi connectivity index (χ0n) is 14.2. The maximum atomic E-state index is 12.5. The molecule has 0 aliphatic rings. The molecule has 1 atom stereocenters. The number of hydrogen-bond acceptors (Lipinski definition) is 5. The molecule has 0 radical (unpaired) electrons. The van der Waals surface area contributed by atoms with Gasteiger partial charge in [0.2, 0.25) is 0 Å². The lowest BCUT2D eigenvalue weighted by Crippen LogP contribution is -2.44. The first-order valence-electron chi connectivity index (χ1n) is 7.76. The van der Waals surface area contributed by atoms with Crippen LogP contribution in [0.15, 0.2) is 24.3 Å². The maximum Gasteiger partial charge on any atom is 0.325 e. The standard InChI is InChI=1S/C17H25NO5/c1-5-11-18(12-16(19)22-6-2)17(20)13(3)23-15-9-7-14(21-4)8-10-15/h7-10,13H,5-6,11-12H2,1-4H3/t13-/m1/s1. The summed E-state index contributed by atoms with van der Waals surface area (Å²) in [5.41, 5.74) is 0. The molecule has 0 fully saturated rings. The van der Waals surface area contributed by atoms with Gasteiger partial charge in [-0.05, 0) is 44.5 Å². The van der Waals surface area contributed by atoms with Gasteiger partial charge in [0.25, 0.3) is 5.91 Å². The third-order valence-corrected chi connectivity index (χ3v) is 3.15. The molecule has 1 aromatic carbocycles. The Kier molecular flexibility index (Phi) is 7.94. The molecule has 0 aliphatic heterocycles. The zero-order valence-corrected chi connectivity index (χ0v) is 14.2. The lowest BCUT2D eigenvalue weighted by molar-refractivity contribution is -0.151. The molecule has 128 valence electrons. The van der Waals surface area contributed by atoms with Crippen LogP contribution in [-0.4, -0.2) is 49.7 Å². The topological polar surface area (TPSA) is 65.1 Å². The van der Waals surface area contributed by atoms with Crippen LogP contribution in [0.4, 0.5) is 0 Å². The highest BCUT2D eigenvalue weighted by Crippen LogP contribution is 2.18. The van der Waals surface area contributed by atoms with Crippen LogP contribution in [0.25, 0.3) is 0 Å². The minimum atomic E-state index is -0.690. The number of benzene rings is 1. The lowest BCUT2D eigenvalue weighted by Gasteiger charge is -2.25. The molecule has 0 spiro atoms. The molecule has 0 aromatic heterocycles. The van der Waals surface area contributed by atoms with Crippen molar-refractivity contribution in [2.24, 2.45) is 0 Å². The number of carbonyl (C=O) groups excluding carboxylic acids is 2. The number of esters is 1. The number of nitrogens with zero attached hydrogens (tertiary/aromatic N) is 1. The largest absolute Gasteiger partial charge is 0.497 e. The van der Waals surface area contributed by atoms with Gasteiger partial charge in [0.15, 0.2) is 6.10 Å². The number of rotatable bonds is 9. The fourth-order valence-electron chi connectivity index (χ4n) is 2.07. The van der Waals surface area contributed by atoms with Crippen molar-refractivity contribution in [3.8, 4) is 11.5 Å². The number of ether oxygens (including phenoxy) is 3. The lowest BCUT2D eigenvalue weighted by atomic mass is 10.3. The molecule has 6 heteroatoms. The van der Waals surface area contributed by atoms with Crippen LogP contribution in [-0.2, 0) is 14.3 Å². The highest BCUT2D eigenvalue weighted by Gasteiger charge is 2.24. The molecular formula is C17H25NO5. The van der Waals surface area contributed by atoms with Gasteiger partial charge in [-0.2, -0.15) is 0 Å². The molecular weight excluding hydrogens is 298 g/mol. The van der Waals surface area contributed by atoms with Crippen LogP contribution in [0.5, 0.6) is 11.5 Å². The Balaban J connectivity index is 2.67. The average molecular weight is 323 g/mol. The molecule has 1 aromatic rings. The van der Waals surface area contributed by atoms with Crippen LogP contribution in [0.2, 0.25) is 0 Å². The fourth-order valence-corrected chi connectivity index (χ4v) is 2.07. The van der Waals surface area contributed by atoms with Crippen molar-refractivity contribution in [2.45, 2.75) is 33.3 Å². The van der Waals surface area contributed by atoms with Gasteiger partial charge in [0.05, 0.1) is 13.7 Å². The van der Waals surface area contributed by atoms with Gasteiger partial charge in [-0.3, -0.25) is 9.59 Å². The van der Waals surface area contributed by atoms with E-state index in [2.05, 4.69) is 0 Å². The third kappa shape index (κ3) is 6.18. The van der Waals surface area contributed by atoms with Crippen LogP contribution < -0.4 is 9.47 Å². The second-order valence-electron chi connectivity index (χ2n) is 5.00. The van der Waals surface area contributed by atoms with Crippen molar-refractivity contribution < 1.29 is 23.8 Å². The van der Waals surface area contributed by atoms with Crippen LogP contribution in [0.1, 0.15) is 27.2 Å². The molecule has 0 N–H and O–H groups in total. The summed E-state index contributed by atoms with van der Waals surface area (Å²) in [4.78, 5) is 25.5. The van der Waals surface area contributed by atoms with Crippen molar-refractivity contribution in [3.63, 3.8) is 0 Å². The second-order valence-corrected chi connectivity index (χ2v) is 5.00. The predicted octanol–water partition coefficient (Wildman–Crippen LogP) is 2.26. The van der Waals surface area contributed by atoms with Gasteiger partial charge < -0.3 is 19.1 Å². The number of amides is 1. The van der Waals surface area contributed by atoms with E-state index >= 15 is 0 Å². The summed E-state index contributed by atoms with van der Waals surface area (Å²) >= 11 is 0. The Morgan fingerprint density at radius 1 is 1.13 bits per heavy atom. The minimum absolute atomic E-state index is 0.0587. The van der Waals surface area contributed by atoms with Crippen molar-refractivity contribution in [3.05, 3.63) is 24.3 Å². The van der Waals surface area contributed by atoms with Crippen LogP contribution in [0.3, 0.4) is 0 Å². The molecule has 1 amide bonds. The van der Waals surface area contributed by atoms with Crippen LogP contribution in [0, 0.1) is 0 Å². The molecule has 0 bridgehead atoms. The van der Waals surface area contributed by atoms with E-state index in [0.29, 0.717) is 24.7 Å². The van der Waals surface area contributed by atoms with Gasteiger partial charge in [-0.25, -0.2) is 0 Å². The van der Waals surface area contributed by atoms with Gasteiger partial charge >= 0.3 is 5.97 Å². The molecule has 23 heavy (non-hydrogen) atoms. The Hall–Kier alpha value is -2.24. The van der Waals surface area contributed by atoms with Crippen molar-refractivity contribution in [1.82, 2.24) is 4.90 Å². The molecule has 6 nitrogen and oxygen atoms in total. The summed E-state index contributed by atoms with van der Waals surface area (Å²) in [6, 6.07) is 6.99. The first-order valence-corrected chi connectivity index (χ1v) is 7.76. The number of methoxy groups -OCH3 is 1. The molecule has 0 unspecified atom stereocenters. The monoisotopic (exact) mass is 323 g/mol. The van der Waals surface area contributed by atoms with E-state index in [1.807, 2.05) is 6.92 Å². The van der Waals surface area contributed by atoms with Crippen LogP contribution >= 0.6 is 0 Å². The summed E-state index contributed by atoms with van der Waals surface area (Å²) in [5.74, 6) is 0.632. The van der Waals surface area contributed by atoms with E-state index in [1.54, 1.807) is 45.2 Å². The Morgan fingerprint density at radius 2 is 1.74 bits per heavy atom. The summed E-state index contributed by atoms with van der Waals surface area (Å²) in [6.45, 7) is 6.07. The fraction of sp³-hybridized carbons (Fsp3) is 0.529. The SMILES string of the molecule is CCCN(CC(=O)OCC)C(=O)[C@@H](C)Oc1ccc(OC)cc1. The average Bonchev–Trinajstić information content (AvgIpc) is 2.54. The Morgan fingerprint density at radius 3 is 2.26 bits per heavy atom. The van der Waals surface area contributed by atoms with E-state index in [-0.39, 0.29) is 12.5 Å². The van der Waals surface area contributed by atoms with Crippen molar-refractivity contribution in [2.75, 3.05) is 26.8 Å². The van der Waals surface area contributed by atoms with E-state index < -0.39 is 12.1 Å². The first kappa shape index (κ1) is 18.8. The normalized spacial score (nSPS) is 11.5. The summed E-state index contributed by atoms with van der Waals surface area (Å²) in [6.07, 6.45) is 0.0600. The quantitative estimate of drug-likeness (QED) is 0.652. The summed E-state index contributed by atoms with van der Waals surface area (Å²) in [5, 5.41) is 0. The summed E-state index contributed by atoms with van der Waals surface area (Å²) in [7, 11) is 1.58. The number of hydrogen-bond donors (Lipinski definition) is 0. The highest BCUT2D eigenvalue weighted by atomic mass is 16.5. The van der Waals surface area contributed by atoms with E-state index in [9.17, 15) is 9.59 Å². The van der Waals surface area contributed by atoms with Gasteiger partial charge in [0.1, 0.15) is 18.0 Å². The molecule has 0 saturated heterocycles. The van der Waals surface area contributed by atoms with Gasteiger partial charge in [0, 0.05) is 6.54 Å².